The molecule has 2 aromatic carbocycles. The summed E-state index contributed by atoms with van der Waals surface area (Å²) < 4.78 is 26.9. The Bertz CT molecular complexity index is 683. The fourth-order valence-corrected chi connectivity index (χ4v) is 3.17. The molecule has 0 aliphatic rings. The van der Waals surface area contributed by atoms with Gasteiger partial charge in [0, 0.05) is 17.4 Å². The Labute approximate surface area is 135 Å². The molecular weight excluding hydrogens is 329 g/mol. The van der Waals surface area contributed by atoms with E-state index < -0.39 is 10.0 Å². The van der Waals surface area contributed by atoms with Crippen LogP contribution in [0.2, 0.25) is 5.02 Å². The number of hydrogen-bond donors (Lipinski definition) is 1. The molecule has 2 aromatic rings. The lowest BCUT2D eigenvalue weighted by Gasteiger charge is -2.08. The zero-order valence-electron chi connectivity index (χ0n) is 11.2. The van der Waals surface area contributed by atoms with Crippen molar-refractivity contribution in [2.24, 2.45) is 0 Å². The third-order valence-corrected chi connectivity index (χ3v) is 4.85. The lowest BCUT2D eigenvalue weighted by molar-refractivity contribution is 0.581. The van der Waals surface area contributed by atoms with Gasteiger partial charge in [0.05, 0.1) is 4.90 Å². The highest BCUT2D eigenvalue weighted by Gasteiger charge is 2.13. The van der Waals surface area contributed by atoms with Gasteiger partial charge in [0.15, 0.2) is 0 Å². The van der Waals surface area contributed by atoms with Crippen LogP contribution < -0.4 is 4.72 Å². The Hall–Kier alpha value is -1.07. The minimum Gasteiger partial charge on any atom is -0.207 e. The average Bonchev–Trinajstić information content (AvgIpc) is 2.48. The van der Waals surface area contributed by atoms with Gasteiger partial charge >= 0.3 is 0 Å². The van der Waals surface area contributed by atoms with Crippen molar-refractivity contribution in [2.45, 2.75) is 17.9 Å². The fourth-order valence-electron chi connectivity index (χ4n) is 1.81. The molecule has 0 aliphatic carbocycles. The number of halogens is 2. The van der Waals surface area contributed by atoms with E-state index in [1.807, 2.05) is 0 Å². The van der Waals surface area contributed by atoms with Crippen molar-refractivity contribution in [2.75, 3.05) is 5.88 Å². The molecule has 0 amide bonds. The van der Waals surface area contributed by atoms with Crippen molar-refractivity contribution in [3.63, 3.8) is 0 Å². The van der Waals surface area contributed by atoms with E-state index in [0.29, 0.717) is 10.9 Å². The number of sulfonamides is 1. The lowest BCUT2D eigenvalue weighted by atomic mass is 10.2. The van der Waals surface area contributed by atoms with E-state index in [1.165, 1.54) is 0 Å². The molecule has 0 spiro atoms. The van der Waals surface area contributed by atoms with Crippen molar-refractivity contribution in [3.8, 4) is 0 Å². The maximum Gasteiger partial charge on any atom is 0.240 e. The first-order chi connectivity index (χ1) is 10.0. The Morgan fingerprint density at radius 3 is 2.05 bits per heavy atom. The summed E-state index contributed by atoms with van der Waals surface area (Å²) in [6, 6.07) is 13.8. The molecule has 0 aromatic heterocycles. The Morgan fingerprint density at radius 1 is 0.905 bits per heavy atom. The molecule has 0 fully saturated rings. The first-order valence-corrected chi connectivity index (χ1v) is 8.80. The zero-order chi connectivity index (χ0) is 15.3. The van der Waals surface area contributed by atoms with Crippen LogP contribution >= 0.6 is 23.2 Å². The van der Waals surface area contributed by atoms with Gasteiger partial charge in [0.25, 0.3) is 0 Å². The molecule has 0 aliphatic heterocycles. The quantitative estimate of drug-likeness (QED) is 0.814. The van der Waals surface area contributed by atoms with Crippen molar-refractivity contribution >= 4 is 33.2 Å². The molecule has 0 bridgehead atoms. The van der Waals surface area contributed by atoms with Crippen LogP contribution in [0, 0.1) is 0 Å². The molecule has 1 N–H and O–H groups in total. The molecule has 0 saturated carbocycles. The van der Waals surface area contributed by atoms with E-state index in [9.17, 15) is 8.42 Å². The lowest BCUT2D eigenvalue weighted by Crippen LogP contribution is -2.23. The number of nitrogens with one attached hydrogen (secondary N) is 1. The van der Waals surface area contributed by atoms with Crippen LogP contribution in [0.4, 0.5) is 0 Å². The summed E-state index contributed by atoms with van der Waals surface area (Å²) in [6.45, 7) is 0.225. The topological polar surface area (TPSA) is 46.2 Å². The summed E-state index contributed by atoms with van der Waals surface area (Å²) in [5, 5.41) is 0.622. The van der Waals surface area contributed by atoms with Crippen LogP contribution in [-0.4, -0.2) is 14.3 Å². The Morgan fingerprint density at radius 2 is 1.48 bits per heavy atom. The maximum absolute atomic E-state index is 12.2. The minimum absolute atomic E-state index is 0.225. The van der Waals surface area contributed by atoms with E-state index in [0.717, 1.165) is 17.5 Å². The van der Waals surface area contributed by atoms with E-state index >= 15 is 0 Å². The predicted molar refractivity (Wildman–Crippen MR) is 86.3 cm³/mol. The first-order valence-electron chi connectivity index (χ1n) is 6.40. The van der Waals surface area contributed by atoms with Gasteiger partial charge in [-0.15, -0.1) is 11.6 Å². The predicted octanol–water partition coefficient (Wildman–Crippen LogP) is 3.60. The summed E-state index contributed by atoms with van der Waals surface area (Å²) in [4.78, 5) is 0.245. The van der Waals surface area contributed by atoms with Gasteiger partial charge in [-0.3, -0.25) is 0 Å². The van der Waals surface area contributed by atoms with Crippen molar-refractivity contribution in [1.29, 1.82) is 0 Å². The fraction of sp³-hybridized carbons (Fsp3) is 0.200. The molecule has 0 radical (unpaired) electrons. The summed E-state index contributed by atoms with van der Waals surface area (Å²) in [6.07, 6.45) is 0.722. The molecule has 3 nitrogen and oxygen atoms in total. The van der Waals surface area contributed by atoms with Gasteiger partial charge < -0.3 is 0 Å². The first kappa shape index (κ1) is 16.3. The van der Waals surface area contributed by atoms with Crippen molar-refractivity contribution < 1.29 is 8.42 Å². The Kier molecular flexibility index (Phi) is 5.65. The van der Waals surface area contributed by atoms with Crippen molar-refractivity contribution in [1.82, 2.24) is 4.72 Å². The number of benzene rings is 2. The molecule has 21 heavy (non-hydrogen) atoms. The Balaban J connectivity index is 2.05. The van der Waals surface area contributed by atoms with Crippen LogP contribution in [-0.2, 0) is 23.0 Å². The van der Waals surface area contributed by atoms with E-state index in [-0.39, 0.29) is 11.4 Å². The molecule has 112 valence electrons. The monoisotopic (exact) mass is 343 g/mol. The van der Waals surface area contributed by atoms with Crippen LogP contribution in [0.5, 0.6) is 0 Å². The largest absolute Gasteiger partial charge is 0.240 e. The van der Waals surface area contributed by atoms with Gasteiger partial charge in [0.2, 0.25) is 10.0 Å². The maximum atomic E-state index is 12.2. The van der Waals surface area contributed by atoms with Gasteiger partial charge in [0.1, 0.15) is 0 Å². The summed E-state index contributed by atoms with van der Waals surface area (Å²) >= 11 is 11.4. The smallest absolute Gasteiger partial charge is 0.207 e. The standard InChI is InChI=1S/C15H15Cl2NO2S/c16-10-9-12-3-7-15(8-4-12)21(19,20)18-11-13-1-5-14(17)6-2-13/h1-8,18H,9-11H2. The van der Waals surface area contributed by atoms with Gasteiger partial charge in [-0.2, -0.15) is 0 Å². The molecular formula is C15H15Cl2NO2S. The van der Waals surface area contributed by atoms with Gasteiger partial charge in [-0.1, -0.05) is 35.9 Å². The molecule has 0 atom stereocenters. The van der Waals surface area contributed by atoms with Gasteiger partial charge in [-0.05, 0) is 41.8 Å². The van der Waals surface area contributed by atoms with Crippen LogP contribution in [0.3, 0.4) is 0 Å². The summed E-state index contributed by atoms with van der Waals surface area (Å²) in [7, 11) is -3.52. The van der Waals surface area contributed by atoms with Crippen LogP contribution in [0.15, 0.2) is 53.4 Å². The highest BCUT2D eigenvalue weighted by atomic mass is 35.5. The van der Waals surface area contributed by atoms with Crippen molar-refractivity contribution in [3.05, 3.63) is 64.7 Å². The molecule has 0 heterocycles. The second-order valence-corrected chi connectivity index (χ2v) is 7.12. The third kappa shape index (κ3) is 4.71. The minimum atomic E-state index is -3.52. The molecule has 2 rings (SSSR count). The zero-order valence-corrected chi connectivity index (χ0v) is 13.5. The molecule has 0 unspecified atom stereocenters. The van der Waals surface area contributed by atoms with Gasteiger partial charge in [-0.25, -0.2) is 13.1 Å². The van der Waals surface area contributed by atoms with E-state index in [1.54, 1.807) is 48.5 Å². The molecule has 0 saturated heterocycles. The van der Waals surface area contributed by atoms with Crippen LogP contribution in [0.1, 0.15) is 11.1 Å². The highest BCUT2D eigenvalue weighted by Crippen LogP contribution is 2.13. The van der Waals surface area contributed by atoms with Crippen LogP contribution in [0.25, 0.3) is 0 Å². The normalized spacial score (nSPS) is 11.5. The number of hydrogen-bond acceptors (Lipinski definition) is 2. The highest BCUT2D eigenvalue weighted by molar-refractivity contribution is 7.89. The number of rotatable bonds is 6. The third-order valence-electron chi connectivity index (χ3n) is 3.00. The second-order valence-electron chi connectivity index (χ2n) is 4.53. The second kappa shape index (κ2) is 7.27. The SMILES string of the molecule is O=S(=O)(NCc1ccc(Cl)cc1)c1ccc(CCCl)cc1. The summed E-state index contributed by atoms with van der Waals surface area (Å²) in [5.41, 5.74) is 1.86. The average molecular weight is 344 g/mol. The summed E-state index contributed by atoms with van der Waals surface area (Å²) in [5.74, 6) is 0.515. The number of alkyl halides is 1. The van der Waals surface area contributed by atoms with E-state index in [4.69, 9.17) is 23.2 Å². The van der Waals surface area contributed by atoms with E-state index in [2.05, 4.69) is 4.72 Å². The number of aryl methyl sites for hydroxylation is 1. The molecule has 6 heteroatoms.